The Balaban J connectivity index is 1.64. The third kappa shape index (κ3) is 2.66. The van der Waals surface area contributed by atoms with E-state index in [1.165, 1.54) is 5.56 Å². The molecule has 104 valence electrons. The molecule has 2 N–H and O–H groups in total. The molecule has 1 aliphatic heterocycles. The van der Waals surface area contributed by atoms with Crippen LogP contribution in [-0.2, 0) is 13.0 Å². The number of fused-ring (bicyclic) bond motifs is 1. The van der Waals surface area contributed by atoms with Gasteiger partial charge < -0.3 is 10.6 Å². The lowest BCUT2D eigenvalue weighted by Gasteiger charge is -2.14. The second-order valence-electron chi connectivity index (χ2n) is 5.15. The molecule has 1 amide bonds. The van der Waals surface area contributed by atoms with Gasteiger partial charge in [0.15, 0.2) is 0 Å². The van der Waals surface area contributed by atoms with Crippen molar-refractivity contribution in [2.45, 2.75) is 25.9 Å². The van der Waals surface area contributed by atoms with Gasteiger partial charge in [-0.15, -0.1) is 0 Å². The minimum absolute atomic E-state index is 0.0284. The van der Waals surface area contributed by atoms with Crippen molar-refractivity contribution in [3.05, 3.63) is 47.8 Å². The molecule has 0 saturated heterocycles. The lowest BCUT2D eigenvalue weighted by Crippen LogP contribution is -2.35. The molecule has 2 heterocycles. The minimum atomic E-state index is -0.0284. The second-order valence-corrected chi connectivity index (χ2v) is 5.15. The first-order valence-corrected chi connectivity index (χ1v) is 6.87. The van der Waals surface area contributed by atoms with Gasteiger partial charge >= 0.3 is 0 Å². The summed E-state index contributed by atoms with van der Waals surface area (Å²) in [4.78, 5) is 12.2. The van der Waals surface area contributed by atoms with E-state index in [0.29, 0.717) is 6.54 Å². The molecule has 5 heteroatoms. The van der Waals surface area contributed by atoms with Crippen molar-refractivity contribution in [3.8, 4) is 0 Å². The van der Waals surface area contributed by atoms with Crippen LogP contribution in [0.3, 0.4) is 0 Å². The highest BCUT2D eigenvalue weighted by Gasteiger charge is 2.15. The third-order valence-corrected chi connectivity index (χ3v) is 3.47. The fourth-order valence-corrected chi connectivity index (χ4v) is 2.49. The predicted molar refractivity (Wildman–Crippen MR) is 77.8 cm³/mol. The van der Waals surface area contributed by atoms with E-state index >= 15 is 0 Å². The van der Waals surface area contributed by atoms with Crippen LogP contribution < -0.4 is 10.6 Å². The third-order valence-electron chi connectivity index (χ3n) is 3.47. The summed E-state index contributed by atoms with van der Waals surface area (Å²) in [6.45, 7) is 3.61. The summed E-state index contributed by atoms with van der Waals surface area (Å²) in [5.74, 6) is -0.0284. The van der Waals surface area contributed by atoms with E-state index in [4.69, 9.17) is 0 Å². The molecule has 1 atom stereocenters. The van der Waals surface area contributed by atoms with E-state index in [0.717, 1.165) is 24.2 Å². The molecule has 0 saturated carbocycles. The Bertz CT molecular complexity index is 606. The molecule has 1 aliphatic rings. The van der Waals surface area contributed by atoms with Gasteiger partial charge in [-0.3, -0.25) is 9.48 Å². The number of carbonyl (C=O) groups excluding carboxylic acids is 1. The smallest absolute Gasteiger partial charge is 0.251 e. The summed E-state index contributed by atoms with van der Waals surface area (Å²) in [6, 6.07) is 7.74. The number of hydrogen-bond donors (Lipinski definition) is 2. The van der Waals surface area contributed by atoms with Crippen LogP contribution in [0.1, 0.15) is 22.8 Å². The fourth-order valence-electron chi connectivity index (χ4n) is 2.49. The van der Waals surface area contributed by atoms with Gasteiger partial charge in [-0.05, 0) is 43.2 Å². The predicted octanol–water partition coefficient (Wildman–Crippen LogP) is 1.67. The molecule has 3 rings (SSSR count). The van der Waals surface area contributed by atoms with Crippen molar-refractivity contribution in [2.75, 3.05) is 11.9 Å². The molecule has 1 aromatic heterocycles. The van der Waals surface area contributed by atoms with Crippen LogP contribution in [0.4, 0.5) is 5.69 Å². The first kappa shape index (κ1) is 12.7. The molecular formula is C15H18N4O. The normalized spacial score (nSPS) is 14.4. The van der Waals surface area contributed by atoms with Crippen molar-refractivity contribution in [1.29, 1.82) is 0 Å². The van der Waals surface area contributed by atoms with Crippen molar-refractivity contribution < 1.29 is 4.79 Å². The summed E-state index contributed by atoms with van der Waals surface area (Å²) in [7, 11) is 0. The van der Waals surface area contributed by atoms with Gasteiger partial charge in [0.1, 0.15) is 0 Å². The van der Waals surface area contributed by atoms with Gasteiger partial charge in [-0.25, -0.2) is 0 Å². The summed E-state index contributed by atoms with van der Waals surface area (Å²) >= 11 is 0. The zero-order valence-corrected chi connectivity index (χ0v) is 11.5. The molecule has 0 bridgehead atoms. The fraction of sp³-hybridized carbons (Fsp3) is 0.333. The van der Waals surface area contributed by atoms with Crippen LogP contribution in [0.5, 0.6) is 0 Å². The Labute approximate surface area is 118 Å². The first-order chi connectivity index (χ1) is 9.72. The lowest BCUT2D eigenvalue weighted by molar-refractivity contribution is 0.0936. The molecule has 0 aliphatic carbocycles. The van der Waals surface area contributed by atoms with Crippen LogP contribution in [-0.4, -0.2) is 28.3 Å². The van der Waals surface area contributed by atoms with E-state index in [9.17, 15) is 4.79 Å². The lowest BCUT2D eigenvalue weighted by atomic mass is 10.1. The monoisotopic (exact) mass is 270 g/mol. The summed E-state index contributed by atoms with van der Waals surface area (Å²) in [5.41, 5.74) is 3.09. The maximum atomic E-state index is 12.2. The van der Waals surface area contributed by atoms with Crippen LogP contribution >= 0.6 is 0 Å². The topological polar surface area (TPSA) is 59.0 Å². The number of aromatic nitrogens is 2. The highest BCUT2D eigenvalue weighted by Crippen LogP contribution is 2.22. The van der Waals surface area contributed by atoms with Gasteiger partial charge in [0.25, 0.3) is 5.91 Å². The minimum Gasteiger partial charge on any atom is -0.384 e. The molecule has 1 unspecified atom stereocenters. The maximum Gasteiger partial charge on any atom is 0.251 e. The van der Waals surface area contributed by atoms with E-state index in [1.807, 2.05) is 42.1 Å². The Morgan fingerprint density at radius 3 is 3.25 bits per heavy atom. The molecule has 0 fully saturated rings. The van der Waals surface area contributed by atoms with E-state index < -0.39 is 0 Å². The van der Waals surface area contributed by atoms with Crippen molar-refractivity contribution in [1.82, 2.24) is 15.1 Å². The zero-order valence-electron chi connectivity index (χ0n) is 11.5. The largest absolute Gasteiger partial charge is 0.384 e. The number of anilines is 1. The highest BCUT2D eigenvalue weighted by molar-refractivity contribution is 5.95. The Morgan fingerprint density at radius 1 is 1.55 bits per heavy atom. The second kappa shape index (κ2) is 5.36. The number of carbonyl (C=O) groups is 1. The Hall–Kier alpha value is -2.30. The van der Waals surface area contributed by atoms with Crippen LogP contribution in [0.25, 0.3) is 0 Å². The van der Waals surface area contributed by atoms with Crippen LogP contribution in [0.2, 0.25) is 0 Å². The first-order valence-electron chi connectivity index (χ1n) is 6.87. The van der Waals surface area contributed by atoms with E-state index in [-0.39, 0.29) is 11.9 Å². The van der Waals surface area contributed by atoms with Gasteiger partial charge in [0, 0.05) is 36.2 Å². The van der Waals surface area contributed by atoms with Crippen molar-refractivity contribution in [2.24, 2.45) is 0 Å². The number of benzene rings is 1. The van der Waals surface area contributed by atoms with E-state index in [1.54, 1.807) is 6.20 Å². The molecule has 20 heavy (non-hydrogen) atoms. The molecule has 0 radical (unpaired) electrons. The molecule has 2 aromatic rings. The van der Waals surface area contributed by atoms with Gasteiger partial charge in [0.05, 0.1) is 6.54 Å². The summed E-state index contributed by atoms with van der Waals surface area (Å²) < 4.78 is 1.82. The molecular weight excluding hydrogens is 252 g/mol. The van der Waals surface area contributed by atoms with Crippen molar-refractivity contribution >= 4 is 11.6 Å². The quantitative estimate of drug-likeness (QED) is 0.888. The molecule has 5 nitrogen and oxygen atoms in total. The SMILES string of the molecule is CC(Cn1cccn1)NC(=O)c1ccc2c(c1)CCN2. The summed E-state index contributed by atoms with van der Waals surface area (Å²) in [6.07, 6.45) is 4.62. The zero-order chi connectivity index (χ0) is 13.9. The van der Waals surface area contributed by atoms with Crippen LogP contribution in [0.15, 0.2) is 36.7 Å². The van der Waals surface area contributed by atoms with Gasteiger partial charge in [-0.2, -0.15) is 5.10 Å². The van der Waals surface area contributed by atoms with Crippen molar-refractivity contribution in [3.63, 3.8) is 0 Å². The maximum absolute atomic E-state index is 12.2. The number of rotatable bonds is 4. The standard InChI is InChI=1S/C15H18N4O/c1-11(10-19-8-2-6-17-19)18-15(20)13-3-4-14-12(9-13)5-7-16-14/h2-4,6,8-9,11,16H,5,7,10H2,1H3,(H,18,20). The number of nitrogens with zero attached hydrogens (tertiary/aromatic N) is 2. The van der Waals surface area contributed by atoms with E-state index in [2.05, 4.69) is 15.7 Å². The molecule has 1 aromatic carbocycles. The highest BCUT2D eigenvalue weighted by atomic mass is 16.1. The van der Waals surface area contributed by atoms with Crippen LogP contribution in [0, 0.1) is 0 Å². The average molecular weight is 270 g/mol. The molecule has 0 spiro atoms. The Kier molecular flexibility index (Phi) is 3.41. The van der Waals surface area contributed by atoms with Gasteiger partial charge in [-0.1, -0.05) is 0 Å². The van der Waals surface area contributed by atoms with Gasteiger partial charge in [0.2, 0.25) is 0 Å². The summed E-state index contributed by atoms with van der Waals surface area (Å²) in [5, 5.41) is 10.4. The number of hydrogen-bond acceptors (Lipinski definition) is 3. The number of nitrogens with one attached hydrogen (secondary N) is 2. The average Bonchev–Trinajstić information content (AvgIpc) is 3.07. The number of amides is 1. The Morgan fingerprint density at radius 2 is 2.45 bits per heavy atom.